The summed E-state index contributed by atoms with van der Waals surface area (Å²) < 4.78 is 8.55. The zero-order chi connectivity index (χ0) is 31.7. The van der Waals surface area contributed by atoms with Crippen LogP contribution in [0.1, 0.15) is 54.4 Å². The van der Waals surface area contributed by atoms with Crippen LogP contribution in [0.3, 0.4) is 0 Å². The first-order chi connectivity index (χ1) is 21.7. The molecule has 1 saturated heterocycles. The molecular weight excluding hydrogens is 607 g/mol. The van der Waals surface area contributed by atoms with E-state index in [2.05, 4.69) is 24.0 Å². The van der Waals surface area contributed by atoms with Gasteiger partial charge in [-0.05, 0) is 61.1 Å². The lowest BCUT2D eigenvalue weighted by Crippen LogP contribution is -2.29. The number of carbonyl (C=O) groups excluding carboxylic acids is 2. The lowest BCUT2D eigenvalue weighted by Gasteiger charge is -2.23. The van der Waals surface area contributed by atoms with E-state index in [1.54, 1.807) is 0 Å². The second-order valence-corrected chi connectivity index (χ2v) is 13.5. The summed E-state index contributed by atoms with van der Waals surface area (Å²) in [6, 6.07) is 20.1. The quantitative estimate of drug-likeness (QED) is 0.0564. The SMILES string of the molecule is Cc1cccn2c(C)c(C(O)=C3C(=O)C(=O)N(c4nnc(SCc5ccccc5)s4)C3c3cccc(OCCC(C)C)c3)nc12. The maximum atomic E-state index is 13.8. The van der Waals surface area contributed by atoms with Gasteiger partial charge in [0.2, 0.25) is 5.13 Å². The molecule has 0 bridgehead atoms. The molecule has 1 fully saturated rings. The predicted molar refractivity (Wildman–Crippen MR) is 177 cm³/mol. The third kappa shape index (κ3) is 6.10. The number of hydrogen-bond donors (Lipinski definition) is 1. The van der Waals surface area contributed by atoms with Crippen LogP contribution in [0.2, 0.25) is 0 Å². The predicted octanol–water partition coefficient (Wildman–Crippen LogP) is 7.15. The third-order valence-electron chi connectivity index (χ3n) is 7.70. The van der Waals surface area contributed by atoms with Crippen LogP contribution < -0.4 is 9.64 Å². The molecule has 11 heteroatoms. The van der Waals surface area contributed by atoms with Crippen molar-refractivity contribution < 1.29 is 19.4 Å². The highest BCUT2D eigenvalue weighted by atomic mass is 32.2. The van der Waals surface area contributed by atoms with E-state index in [-0.39, 0.29) is 22.2 Å². The Morgan fingerprint density at radius 3 is 2.60 bits per heavy atom. The number of aryl methyl sites for hydroxylation is 2. The molecule has 3 aromatic heterocycles. The summed E-state index contributed by atoms with van der Waals surface area (Å²) in [7, 11) is 0. The van der Waals surface area contributed by atoms with Gasteiger partial charge in [-0.2, -0.15) is 0 Å². The number of aromatic nitrogens is 4. The van der Waals surface area contributed by atoms with Crippen molar-refractivity contribution in [3.8, 4) is 5.75 Å². The van der Waals surface area contributed by atoms with Crippen molar-refractivity contribution in [2.45, 2.75) is 50.3 Å². The number of pyridine rings is 1. The van der Waals surface area contributed by atoms with Crippen LogP contribution in [-0.2, 0) is 15.3 Å². The number of anilines is 1. The Kier molecular flexibility index (Phi) is 8.73. The number of fused-ring (bicyclic) bond motifs is 1. The fraction of sp³-hybridized carbons (Fsp3) is 0.265. The van der Waals surface area contributed by atoms with Gasteiger partial charge in [-0.25, -0.2) is 4.98 Å². The molecule has 4 heterocycles. The minimum atomic E-state index is -0.969. The number of nitrogens with zero attached hydrogens (tertiary/aromatic N) is 5. The molecule has 1 unspecified atom stereocenters. The minimum Gasteiger partial charge on any atom is -0.505 e. The van der Waals surface area contributed by atoms with E-state index in [1.165, 1.54) is 28.0 Å². The Labute approximate surface area is 269 Å². The van der Waals surface area contributed by atoms with Gasteiger partial charge in [0.25, 0.3) is 5.78 Å². The van der Waals surface area contributed by atoms with Gasteiger partial charge in [0.05, 0.1) is 23.9 Å². The fourth-order valence-corrected chi connectivity index (χ4v) is 7.11. The Morgan fingerprint density at radius 1 is 1.04 bits per heavy atom. The molecule has 6 rings (SSSR count). The highest BCUT2D eigenvalue weighted by Gasteiger charge is 2.49. The summed E-state index contributed by atoms with van der Waals surface area (Å²) >= 11 is 2.74. The number of hydrogen-bond acceptors (Lipinski definition) is 9. The number of amides is 1. The number of aliphatic hydroxyl groups is 1. The monoisotopic (exact) mass is 639 g/mol. The maximum absolute atomic E-state index is 13.8. The molecule has 1 atom stereocenters. The second-order valence-electron chi connectivity index (χ2n) is 11.3. The van der Waals surface area contributed by atoms with Crippen LogP contribution in [0.4, 0.5) is 5.13 Å². The molecule has 0 spiro atoms. The number of rotatable bonds is 10. The third-order valence-corrected chi connectivity index (χ3v) is 9.82. The molecule has 1 aliphatic rings. The van der Waals surface area contributed by atoms with Gasteiger partial charge in [0.15, 0.2) is 10.1 Å². The highest BCUT2D eigenvalue weighted by Crippen LogP contribution is 2.45. The topological polar surface area (TPSA) is 110 Å². The molecular formula is C34H33N5O4S2. The number of ketones is 1. The van der Waals surface area contributed by atoms with E-state index in [9.17, 15) is 14.7 Å². The van der Waals surface area contributed by atoms with Gasteiger partial charge in [0.1, 0.15) is 17.1 Å². The summed E-state index contributed by atoms with van der Waals surface area (Å²) in [5, 5.41) is 20.7. The van der Waals surface area contributed by atoms with Gasteiger partial charge >= 0.3 is 5.91 Å². The smallest absolute Gasteiger partial charge is 0.301 e. The first-order valence-corrected chi connectivity index (χ1v) is 16.5. The zero-order valence-electron chi connectivity index (χ0n) is 25.4. The van der Waals surface area contributed by atoms with E-state index in [0.717, 1.165) is 17.5 Å². The van der Waals surface area contributed by atoms with E-state index >= 15 is 0 Å². The fourth-order valence-electron chi connectivity index (χ4n) is 5.28. The van der Waals surface area contributed by atoms with Gasteiger partial charge in [-0.3, -0.25) is 14.5 Å². The van der Waals surface area contributed by atoms with Crippen LogP contribution >= 0.6 is 23.1 Å². The average molecular weight is 640 g/mol. The molecule has 0 radical (unpaired) electrons. The molecule has 0 aliphatic carbocycles. The molecule has 1 N–H and O–H groups in total. The summed E-state index contributed by atoms with van der Waals surface area (Å²) in [5.41, 5.74) is 4.14. The summed E-state index contributed by atoms with van der Waals surface area (Å²) in [6.07, 6.45) is 2.73. The second kappa shape index (κ2) is 12.9. The number of imidazole rings is 1. The van der Waals surface area contributed by atoms with E-state index in [1.807, 2.05) is 91.2 Å². The van der Waals surface area contributed by atoms with E-state index in [4.69, 9.17) is 9.72 Å². The number of aliphatic hydroxyl groups excluding tert-OH is 1. The standard InChI is InChI=1S/C34H33N5O4S2/c1-20(2)15-17-43-25-14-8-13-24(18-25)28-26(29(40)27-22(4)38-16-9-10-21(3)31(38)35-27)30(41)32(42)39(28)33-36-37-34(45-33)44-19-23-11-6-5-7-12-23/h5-14,16,18,20,28,40H,15,17,19H2,1-4H3. The molecule has 9 nitrogen and oxygen atoms in total. The molecule has 1 aliphatic heterocycles. The summed E-state index contributed by atoms with van der Waals surface area (Å²) in [4.78, 5) is 33.6. The van der Waals surface area contributed by atoms with Crippen molar-refractivity contribution in [1.82, 2.24) is 19.6 Å². The van der Waals surface area contributed by atoms with Crippen molar-refractivity contribution >= 4 is 51.3 Å². The molecule has 1 amide bonds. The van der Waals surface area contributed by atoms with Crippen LogP contribution in [-0.4, -0.2) is 43.0 Å². The molecule has 45 heavy (non-hydrogen) atoms. The Balaban J connectivity index is 1.43. The molecule has 230 valence electrons. The molecule has 5 aromatic rings. The van der Waals surface area contributed by atoms with Crippen molar-refractivity contribution in [3.63, 3.8) is 0 Å². The van der Waals surface area contributed by atoms with E-state index < -0.39 is 17.7 Å². The zero-order valence-corrected chi connectivity index (χ0v) is 27.1. The lowest BCUT2D eigenvalue weighted by molar-refractivity contribution is -0.132. The van der Waals surface area contributed by atoms with Gasteiger partial charge in [0, 0.05) is 11.9 Å². The van der Waals surface area contributed by atoms with Crippen LogP contribution in [0.25, 0.3) is 11.4 Å². The van der Waals surface area contributed by atoms with Crippen molar-refractivity contribution in [1.29, 1.82) is 0 Å². The molecule has 0 saturated carbocycles. The van der Waals surface area contributed by atoms with Crippen LogP contribution in [0.5, 0.6) is 5.75 Å². The van der Waals surface area contributed by atoms with Gasteiger partial charge < -0.3 is 14.2 Å². The van der Waals surface area contributed by atoms with Gasteiger partial charge in [-0.1, -0.05) is 85.5 Å². The summed E-state index contributed by atoms with van der Waals surface area (Å²) in [5.74, 6) is -0.180. The first kappa shape index (κ1) is 30.5. The number of ether oxygens (including phenoxy) is 1. The number of benzene rings is 2. The number of thioether (sulfide) groups is 1. The maximum Gasteiger partial charge on any atom is 0.301 e. The van der Waals surface area contributed by atoms with Crippen molar-refractivity contribution in [2.75, 3.05) is 11.5 Å². The average Bonchev–Trinajstić information content (AvgIpc) is 3.71. The highest BCUT2D eigenvalue weighted by molar-refractivity contribution is 8.00. The number of Topliss-reactive ketones (excluding diaryl/α,β-unsaturated/α-hetero) is 1. The van der Waals surface area contributed by atoms with Crippen LogP contribution in [0.15, 0.2) is 82.8 Å². The Bertz CT molecular complexity index is 1910. The minimum absolute atomic E-state index is 0.0582. The van der Waals surface area contributed by atoms with Gasteiger partial charge in [-0.15, -0.1) is 10.2 Å². The lowest BCUT2D eigenvalue weighted by atomic mass is 9.96. The Hall–Kier alpha value is -4.48. The number of carbonyl (C=O) groups is 2. The largest absolute Gasteiger partial charge is 0.505 e. The van der Waals surface area contributed by atoms with Crippen molar-refractivity contribution in [2.24, 2.45) is 5.92 Å². The first-order valence-electron chi connectivity index (χ1n) is 14.7. The van der Waals surface area contributed by atoms with E-state index in [0.29, 0.717) is 45.3 Å². The Morgan fingerprint density at radius 2 is 1.84 bits per heavy atom. The molecule has 2 aromatic carbocycles. The van der Waals surface area contributed by atoms with Crippen molar-refractivity contribution in [3.05, 3.63) is 107 Å². The summed E-state index contributed by atoms with van der Waals surface area (Å²) in [6.45, 7) is 8.54. The normalized spacial score (nSPS) is 16.3. The van der Waals surface area contributed by atoms with Crippen LogP contribution in [0, 0.1) is 19.8 Å².